The molecule has 2 aliphatic heterocycles. The zero-order valence-corrected chi connectivity index (χ0v) is 17.3. The predicted octanol–water partition coefficient (Wildman–Crippen LogP) is -1.68. The summed E-state index contributed by atoms with van der Waals surface area (Å²) in [7, 11) is 0. The fourth-order valence-corrected chi connectivity index (χ4v) is 3.82. The maximum absolute atomic E-state index is 13.0. The minimum Gasteiger partial charge on any atom is -0.480 e. The average molecular weight is 425 g/mol. The quantitative estimate of drug-likeness (QED) is 0.293. The Bertz CT molecular complexity index is 691. The van der Waals surface area contributed by atoms with Crippen molar-refractivity contribution in [2.75, 3.05) is 13.1 Å². The van der Waals surface area contributed by atoms with Crippen molar-refractivity contribution in [3.63, 3.8) is 0 Å². The van der Waals surface area contributed by atoms with Gasteiger partial charge in [0.2, 0.25) is 23.6 Å². The second kappa shape index (κ2) is 10.4. The van der Waals surface area contributed by atoms with Crippen LogP contribution in [0.25, 0.3) is 0 Å². The highest BCUT2D eigenvalue weighted by molar-refractivity contribution is 5.96. The standard InChI is InChI=1S/C19H31N5O6/c1-10(2)15(18(28)24-8-4-6-13(24)19(29)30)23-17(27)12(9-14(20)25)22-16(26)11-5-3-7-21-11/h10-13,15,21H,3-9H2,1-2H3,(H2,20,25)(H,22,26)(H,23,27)(H,29,30). The lowest BCUT2D eigenvalue weighted by Gasteiger charge is -2.30. The van der Waals surface area contributed by atoms with Crippen molar-refractivity contribution in [3.8, 4) is 0 Å². The van der Waals surface area contributed by atoms with E-state index in [1.54, 1.807) is 13.8 Å². The van der Waals surface area contributed by atoms with E-state index in [0.717, 1.165) is 6.42 Å². The Kier molecular flexibility index (Phi) is 8.16. The van der Waals surface area contributed by atoms with Gasteiger partial charge < -0.3 is 31.7 Å². The van der Waals surface area contributed by atoms with Gasteiger partial charge in [-0.2, -0.15) is 0 Å². The second-order valence-electron chi connectivity index (χ2n) is 8.14. The summed E-state index contributed by atoms with van der Waals surface area (Å²) in [6.45, 7) is 4.43. The van der Waals surface area contributed by atoms with E-state index in [1.807, 2.05) is 0 Å². The number of primary amides is 1. The van der Waals surface area contributed by atoms with E-state index < -0.39 is 60.2 Å². The Labute approximate surface area is 175 Å². The Balaban J connectivity index is 2.10. The second-order valence-corrected chi connectivity index (χ2v) is 8.14. The number of carbonyl (C=O) groups is 5. The summed E-state index contributed by atoms with van der Waals surface area (Å²) in [4.78, 5) is 62.3. The third kappa shape index (κ3) is 5.91. The first-order valence-electron chi connectivity index (χ1n) is 10.3. The number of rotatable bonds is 9. The number of carbonyl (C=O) groups excluding carboxylic acids is 4. The highest BCUT2D eigenvalue weighted by Gasteiger charge is 2.39. The van der Waals surface area contributed by atoms with E-state index in [-0.39, 0.29) is 5.92 Å². The molecule has 4 unspecified atom stereocenters. The van der Waals surface area contributed by atoms with Crippen LogP contribution < -0.4 is 21.7 Å². The van der Waals surface area contributed by atoms with Crippen LogP contribution in [0, 0.1) is 5.92 Å². The zero-order chi connectivity index (χ0) is 22.4. The van der Waals surface area contributed by atoms with E-state index in [1.165, 1.54) is 4.90 Å². The summed E-state index contributed by atoms with van der Waals surface area (Å²) in [5, 5.41) is 17.5. The monoisotopic (exact) mass is 425 g/mol. The highest BCUT2D eigenvalue weighted by atomic mass is 16.4. The van der Waals surface area contributed by atoms with E-state index in [0.29, 0.717) is 32.4 Å². The van der Waals surface area contributed by atoms with Crippen LogP contribution in [0.1, 0.15) is 46.0 Å². The van der Waals surface area contributed by atoms with Crippen molar-refractivity contribution in [3.05, 3.63) is 0 Å². The van der Waals surface area contributed by atoms with Crippen molar-refractivity contribution in [1.29, 1.82) is 0 Å². The molecule has 168 valence electrons. The molecule has 0 radical (unpaired) electrons. The first-order valence-corrected chi connectivity index (χ1v) is 10.3. The number of hydrogen-bond acceptors (Lipinski definition) is 6. The van der Waals surface area contributed by atoms with Crippen molar-refractivity contribution in [1.82, 2.24) is 20.9 Å². The van der Waals surface area contributed by atoms with E-state index in [9.17, 15) is 29.1 Å². The lowest BCUT2D eigenvalue weighted by Crippen LogP contribution is -2.59. The van der Waals surface area contributed by atoms with Crippen LogP contribution in [0.2, 0.25) is 0 Å². The van der Waals surface area contributed by atoms with Gasteiger partial charge in [-0.25, -0.2) is 4.79 Å². The Morgan fingerprint density at radius 2 is 1.83 bits per heavy atom. The van der Waals surface area contributed by atoms with Crippen LogP contribution in [0.5, 0.6) is 0 Å². The third-order valence-corrected chi connectivity index (χ3v) is 5.47. The van der Waals surface area contributed by atoms with Gasteiger partial charge in [0.05, 0.1) is 12.5 Å². The normalized spacial score (nSPS) is 23.1. The smallest absolute Gasteiger partial charge is 0.326 e. The van der Waals surface area contributed by atoms with Crippen molar-refractivity contribution < 1.29 is 29.1 Å². The van der Waals surface area contributed by atoms with Crippen LogP contribution in [0.3, 0.4) is 0 Å². The van der Waals surface area contributed by atoms with Gasteiger partial charge in [0.25, 0.3) is 0 Å². The molecule has 30 heavy (non-hydrogen) atoms. The summed E-state index contributed by atoms with van der Waals surface area (Å²) in [5.74, 6) is -3.81. The number of hydrogen-bond donors (Lipinski definition) is 5. The maximum atomic E-state index is 13.0. The first-order chi connectivity index (χ1) is 14.1. The highest BCUT2D eigenvalue weighted by Crippen LogP contribution is 2.20. The molecule has 6 N–H and O–H groups in total. The van der Waals surface area contributed by atoms with E-state index in [4.69, 9.17) is 5.73 Å². The summed E-state index contributed by atoms with van der Waals surface area (Å²) in [6.07, 6.45) is 1.96. The average Bonchev–Trinajstić information content (AvgIpc) is 3.35. The fraction of sp³-hybridized carbons (Fsp3) is 0.737. The zero-order valence-electron chi connectivity index (χ0n) is 17.3. The van der Waals surface area contributed by atoms with Crippen LogP contribution in [-0.2, 0) is 24.0 Å². The molecule has 0 saturated carbocycles. The number of carboxylic acid groups (broad SMARTS) is 1. The van der Waals surface area contributed by atoms with Gasteiger partial charge in [-0.15, -0.1) is 0 Å². The van der Waals surface area contributed by atoms with E-state index in [2.05, 4.69) is 16.0 Å². The Hall–Kier alpha value is -2.69. The van der Waals surface area contributed by atoms with Crippen LogP contribution >= 0.6 is 0 Å². The molecule has 0 aromatic carbocycles. The summed E-state index contributed by atoms with van der Waals surface area (Å²) in [5.41, 5.74) is 5.24. The molecule has 2 fully saturated rings. The third-order valence-electron chi connectivity index (χ3n) is 5.47. The number of amides is 4. The molecule has 11 nitrogen and oxygen atoms in total. The van der Waals surface area contributed by atoms with Gasteiger partial charge in [-0.1, -0.05) is 13.8 Å². The molecule has 4 amide bonds. The molecule has 0 aromatic rings. The lowest BCUT2D eigenvalue weighted by atomic mass is 10.0. The van der Waals surface area contributed by atoms with E-state index >= 15 is 0 Å². The number of carboxylic acids is 1. The van der Waals surface area contributed by atoms with Gasteiger partial charge in [0.1, 0.15) is 18.1 Å². The number of nitrogens with two attached hydrogens (primary N) is 1. The molecule has 0 aliphatic carbocycles. The molecule has 4 atom stereocenters. The molecule has 0 bridgehead atoms. The molecule has 2 aliphatic rings. The lowest BCUT2D eigenvalue weighted by molar-refractivity contribution is -0.150. The molecular weight excluding hydrogens is 394 g/mol. The number of likely N-dealkylation sites (tertiary alicyclic amines) is 1. The minimum absolute atomic E-state index is 0.295. The van der Waals surface area contributed by atoms with Crippen LogP contribution in [0.15, 0.2) is 0 Å². The summed E-state index contributed by atoms with van der Waals surface area (Å²) in [6, 6.07) is -3.59. The van der Waals surface area contributed by atoms with Gasteiger partial charge in [0, 0.05) is 6.54 Å². The molecule has 2 saturated heterocycles. The topological polar surface area (TPSA) is 171 Å². The molecular formula is C19H31N5O6. The Morgan fingerprint density at radius 3 is 2.37 bits per heavy atom. The molecule has 2 rings (SSSR count). The summed E-state index contributed by atoms with van der Waals surface area (Å²) < 4.78 is 0. The van der Waals surface area contributed by atoms with Crippen molar-refractivity contribution in [2.24, 2.45) is 11.7 Å². The fourth-order valence-electron chi connectivity index (χ4n) is 3.82. The SMILES string of the molecule is CC(C)C(NC(=O)C(CC(N)=O)NC(=O)C1CCCN1)C(=O)N1CCCC1C(=O)O. The van der Waals surface area contributed by atoms with Gasteiger partial charge in [-0.05, 0) is 38.1 Å². The predicted molar refractivity (Wildman–Crippen MR) is 106 cm³/mol. The maximum Gasteiger partial charge on any atom is 0.326 e. The number of aliphatic carboxylic acids is 1. The van der Waals surface area contributed by atoms with Gasteiger partial charge in [-0.3, -0.25) is 19.2 Å². The van der Waals surface area contributed by atoms with Crippen molar-refractivity contribution >= 4 is 29.6 Å². The van der Waals surface area contributed by atoms with Gasteiger partial charge >= 0.3 is 5.97 Å². The molecule has 2 heterocycles. The van der Waals surface area contributed by atoms with Crippen molar-refractivity contribution in [2.45, 2.75) is 70.1 Å². The molecule has 11 heteroatoms. The number of nitrogens with zero attached hydrogens (tertiary/aromatic N) is 1. The molecule has 0 aromatic heterocycles. The van der Waals surface area contributed by atoms with Crippen LogP contribution in [0.4, 0.5) is 0 Å². The van der Waals surface area contributed by atoms with Crippen LogP contribution in [-0.4, -0.2) is 76.9 Å². The van der Waals surface area contributed by atoms with Gasteiger partial charge in [0.15, 0.2) is 0 Å². The largest absolute Gasteiger partial charge is 0.480 e. The first kappa shape index (κ1) is 23.6. The molecule has 0 spiro atoms. The Morgan fingerprint density at radius 1 is 1.13 bits per heavy atom. The minimum atomic E-state index is -1.22. The summed E-state index contributed by atoms with van der Waals surface area (Å²) >= 11 is 0. The number of nitrogens with one attached hydrogen (secondary N) is 3.